The summed E-state index contributed by atoms with van der Waals surface area (Å²) in [6.07, 6.45) is -0.284. The second-order valence-electron chi connectivity index (χ2n) is 5.84. The molecule has 1 amide bonds. The third-order valence-electron chi connectivity index (χ3n) is 4.05. The van der Waals surface area contributed by atoms with Gasteiger partial charge >= 0.3 is 5.97 Å². The summed E-state index contributed by atoms with van der Waals surface area (Å²) in [5.74, 6) is -0.891. The molecule has 26 heavy (non-hydrogen) atoms. The number of hydrogen-bond acceptors (Lipinski definition) is 4. The van der Waals surface area contributed by atoms with E-state index >= 15 is 0 Å². The molecule has 1 N–H and O–H groups in total. The van der Waals surface area contributed by atoms with Crippen molar-refractivity contribution >= 4 is 23.5 Å². The largest absolute Gasteiger partial charge is 0.482 e. The number of nitrogens with zero attached hydrogens (tertiary/aromatic N) is 1. The fraction of sp³-hybridized carbons (Fsp3) is 0.263. The van der Waals surface area contributed by atoms with Crippen molar-refractivity contribution in [2.45, 2.75) is 6.10 Å². The highest BCUT2D eigenvalue weighted by Crippen LogP contribution is 2.29. The number of benzene rings is 2. The highest BCUT2D eigenvalue weighted by molar-refractivity contribution is 6.31. The first-order valence-corrected chi connectivity index (χ1v) is 8.52. The molecule has 0 spiro atoms. The number of hydrogen-bond donors (Lipinski definition) is 1. The number of halogens is 1. The second-order valence-corrected chi connectivity index (χ2v) is 6.25. The lowest BCUT2D eigenvalue weighted by Crippen LogP contribution is -2.42. The molecule has 0 bridgehead atoms. The summed E-state index contributed by atoms with van der Waals surface area (Å²) in [5.41, 5.74) is 1.29. The first-order chi connectivity index (χ1) is 12.5. The van der Waals surface area contributed by atoms with Gasteiger partial charge in [-0.05, 0) is 24.3 Å². The lowest BCUT2D eigenvalue weighted by molar-refractivity contribution is -0.139. The quantitative estimate of drug-likeness (QED) is 0.869. The number of carboxylic acid groups (broad SMARTS) is 1. The fourth-order valence-corrected chi connectivity index (χ4v) is 3.06. The highest BCUT2D eigenvalue weighted by atomic mass is 35.5. The van der Waals surface area contributed by atoms with E-state index in [9.17, 15) is 9.59 Å². The molecule has 1 fully saturated rings. The van der Waals surface area contributed by atoms with Gasteiger partial charge in [-0.25, -0.2) is 4.79 Å². The standard InChI is InChI=1S/C19H18ClNO5/c20-16-7-2-1-6-15(16)17-11-21(8-9-25-17)19(24)13-4-3-5-14(10-13)26-12-18(22)23/h1-7,10,17H,8-9,11-12H2,(H,22,23). The maximum absolute atomic E-state index is 12.8. The van der Waals surface area contributed by atoms with E-state index in [1.54, 1.807) is 35.2 Å². The summed E-state index contributed by atoms with van der Waals surface area (Å²) in [6, 6.07) is 13.9. The minimum absolute atomic E-state index is 0.161. The Morgan fingerprint density at radius 3 is 2.81 bits per heavy atom. The molecule has 6 nitrogen and oxygen atoms in total. The number of aliphatic carboxylic acids is 1. The molecular formula is C19H18ClNO5. The zero-order chi connectivity index (χ0) is 18.5. The Labute approximate surface area is 155 Å². The molecule has 0 aliphatic carbocycles. The molecule has 7 heteroatoms. The molecule has 3 rings (SSSR count). The molecular weight excluding hydrogens is 358 g/mol. The predicted molar refractivity (Wildman–Crippen MR) is 95.6 cm³/mol. The summed E-state index contributed by atoms with van der Waals surface area (Å²) in [6.45, 7) is 0.823. The van der Waals surface area contributed by atoms with E-state index in [0.29, 0.717) is 36.0 Å². The Hall–Kier alpha value is -2.57. The molecule has 1 aliphatic heterocycles. The average Bonchev–Trinajstić information content (AvgIpc) is 2.66. The number of carbonyl (C=O) groups excluding carboxylic acids is 1. The number of carboxylic acids is 1. The van der Waals surface area contributed by atoms with Crippen LogP contribution in [0.2, 0.25) is 5.02 Å². The van der Waals surface area contributed by atoms with Gasteiger partial charge in [0.15, 0.2) is 6.61 Å². The SMILES string of the molecule is O=C(O)COc1cccc(C(=O)N2CCOC(c3ccccc3Cl)C2)c1. The van der Waals surface area contributed by atoms with Gasteiger partial charge in [-0.3, -0.25) is 4.79 Å². The van der Waals surface area contributed by atoms with E-state index in [4.69, 9.17) is 26.2 Å². The molecule has 1 heterocycles. The van der Waals surface area contributed by atoms with Crippen LogP contribution in [0.5, 0.6) is 5.75 Å². The third kappa shape index (κ3) is 4.33. The van der Waals surface area contributed by atoms with Crippen molar-refractivity contribution in [3.63, 3.8) is 0 Å². The van der Waals surface area contributed by atoms with Crippen LogP contribution in [-0.2, 0) is 9.53 Å². The zero-order valence-electron chi connectivity index (χ0n) is 13.9. The van der Waals surface area contributed by atoms with Crippen molar-refractivity contribution in [1.82, 2.24) is 4.90 Å². The highest BCUT2D eigenvalue weighted by Gasteiger charge is 2.27. The number of ether oxygens (including phenoxy) is 2. The third-order valence-corrected chi connectivity index (χ3v) is 4.39. The minimum Gasteiger partial charge on any atom is -0.482 e. The molecule has 136 valence electrons. The van der Waals surface area contributed by atoms with Gasteiger partial charge in [-0.15, -0.1) is 0 Å². The van der Waals surface area contributed by atoms with E-state index in [0.717, 1.165) is 5.56 Å². The molecule has 0 radical (unpaired) electrons. The average molecular weight is 376 g/mol. The monoisotopic (exact) mass is 375 g/mol. The van der Waals surface area contributed by atoms with Crippen LogP contribution in [0.15, 0.2) is 48.5 Å². The normalized spacial score (nSPS) is 17.0. The first kappa shape index (κ1) is 18.2. The van der Waals surface area contributed by atoms with E-state index < -0.39 is 12.6 Å². The van der Waals surface area contributed by atoms with Crippen molar-refractivity contribution < 1.29 is 24.2 Å². The Morgan fingerprint density at radius 1 is 1.23 bits per heavy atom. The van der Waals surface area contributed by atoms with Gasteiger partial charge in [-0.2, -0.15) is 0 Å². The van der Waals surface area contributed by atoms with Crippen LogP contribution in [0.4, 0.5) is 0 Å². The van der Waals surface area contributed by atoms with Gasteiger partial charge in [0.2, 0.25) is 0 Å². The summed E-state index contributed by atoms with van der Waals surface area (Å²) in [5, 5.41) is 9.30. The van der Waals surface area contributed by atoms with Crippen molar-refractivity contribution in [2.24, 2.45) is 0 Å². The Kier molecular flexibility index (Phi) is 5.75. The van der Waals surface area contributed by atoms with Crippen LogP contribution in [0, 0.1) is 0 Å². The van der Waals surface area contributed by atoms with E-state index in [-0.39, 0.29) is 12.0 Å². The van der Waals surface area contributed by atoms with Crippen molar-refractivity contribution in [2.75, 3.05) is 26.3 Å². The minimum atomic E-state index is -1.07. The molecule has 1 unspecified atom stereocenters. The topological polar surface area (TPSA) is 76.1 Å². The maximum Gasteiger partial charge on any atom is 0.341 e. The summed E-state index contributed by atoms with van der Waals surface area (Å²) in [7, 11) is 0. The Balaban J connectivity index is 1.72. The van der Waals surface area contributed by atoms with Gasteiger partial charge in [0.25, 0.3) is 5.91 Å². The summed E-state index contributed by atoms with van der Waals surface area (Å²) in [4.78, 5) is 25.1. The van der Waals surface area contributed by atoms with Gasteiger partial charge < -0.3 is 19.5 Å². The van der Waals surface area contributed by atoms with Crippen LogP contribution in [0.3, 0.4) is 0 Å². The number of morpholine rings is 1. The lowest BCUT2D eigenvalue weighted by Gasteiger charge is -2.33. The van der Waals surface area contributed by atoms with Gasteiger partial charge in [0, 0.05) is 22.7 Å². The van der Waals surface area contributed by atoms with Crippen LogP contribution < -0.4 is 4.74 Å². The molecule has 0 aromatic heterocycles. The molecule has 1 aliphatic rings. The summed E-state index contributed by atoms with van der Waals surface area (Å²) >= 11 is 6.24. The predicted octanol–water partition coefficient (Wildman–Crippen LogP) is 3.02. The number of carbonyl (C=O) groups is 2. The van der Waals surface area contributed by atoms with Crippen LogP contribution in [0.25, 0.3) is 0 Å². The molecule has 2 aromatic rings. The van der Waals surface area contributed by atoms with Crippen LogP contribution in [-0.4, -0.2) is 48.2 Å². The van der Waals surface area contributed by atoms with Crippen LogP contribution in [0.1, 0.15) is 22.0 Å². The molecule has 0 saturated carbocycles. The van der Waals surface area contributed by atoms with Gasteiger partial charge in [0.05, 0.1) is 13.2 Å². The zero-order valence-corrected chi connectivity index (χ0v) is 14.7. The van der Waals surface area contributed by atoms with Gasteiger partial charge in [0.1, 0.15) is 11.9 Å². The van der Waals surface area contributed by atoms with E-state index in [2.05, 4.69) is 0 Å². The van der Waals surface area contributed by atoms with E-state index in [1.165, 1.54) is 0 Å². The molecule has 1 atom stereocenters. The van der Waals surface area contributed by atoms with Crippen molar-refractivity contribution in [3.05, 3.63) is 64.7 Å². The van der Waals surface area contributed by atoms with E-state index in [1.807, 2.05) is 18.2 Å². The summed E-state index contributed by atoms with van der Waals surface area (Å²) < 4.78 is 10.9. The van der Waals surface area contributed by atoms with Gasteiger partial charge in [-0.1, -0.05) is 35.9 Å². The molecule has 2 aromatic carbocycles. The van der Waals surface area contributed by atoms with Crippen molar-refractivity contribution in [3.8, 4) is 5.75 Å². The second kappa shape index (κ2) is 8.21. The Bertz CT molecular complexity index is 810. The molecule has 1 saturated heterocycles. The van der Waals surface area contributed by atoms with Crippen molar-refractivity contribution in [1.29, 1.82) is 0 Å². The number of rotatable bonds is 5. The lowest BCUT2D eigenvalue weighted by atomic mass is 10.1. The van der Waals surface area contributed by atoms with Crippen LogP contribution >= 0.6 is 11.6 Å². The Morgan fingerprint density at radius 2 is 2.04 bits per heavy atom. The maximum atomic E-state index is 12.8. The smallest absolute Gasteiger partial charge is 0.341 e. The number of amides is 1. The first-order valence-electron chi connectivity index (χ1n) is 8.14. The fourth-order valence-electron chi connectivity index (χ4n) is 2.80.